The quantitative estimate of drug-likeness (QED) is 0.192. The van der Waals surface area contributed by atoms with E-state index in [-0.39, 0.29) is 25.3 Å². The number of hydrogen-bond acceptors (Lipinski definition) is 7. The van der Waals surface area contributed by atoms with E-state index < -0.39 is 42.4 Å². The lowest BCUT2D eigenvalue weighted by Crippen LogP contribution is -2.51. The number of carboxylic acids is 3. The minimum Gasteiger partial charge on any atom is -0.481 e. The van der Waals surface area contributed by atoms with Crippen molar-refractivity contribution in [1.29, 1.82) is 0 Å². The van der Waals surface area contributed by atoms with Crippen molar-refractivity contribution in [1.82, 2.24) is 30.9 Å². The second-order valence-corrected chi connectivity index (χ2v) is 6.74. The summed E-state index contributed by atoms with van der Waals surface area (Å²) >= 11 is 0. The van der Waals surface area contributed by atoms with E-state index in [4.69, 9.17) is 10.2 Å². The highest BCUT2D eigenvalue weighted by molar-refractivity contribution is 5.86. The molecule has 1 aromatic heterocycles. The third-order valence-electron chi connectivity index (χ3n) is 4.05. The van der Waals surface area contributed by atoms with Crippen LogP contribution >= 0.6 is 0 Å². The fourth-order valence-electron chi connectivity index (χ4n) is 2.52. The van der Waals surface area contributed by atoms with Crippen LogP contribution in [0.4, 0.5) is 4.79 Å². The first-order valence-electron chi connectivity index (χ1n) is 9.46. The largest absolute Gasteiger partial charge is 0.481 e. The zero-order valence-corrected chi connectivity index (χ0v) is 16.9. The molecule has 0 aliphatic carbocycles. The maximum absolute atomic E-state index is 11.9. The number of urea groups is 1. The Kier molecular flexibility index (Phi) is 10.4. The zero-order chi connectivity index (χ0) is 23.4. The lowest BCUT2D eigenvalue weighted by molar-refractivity contribution is -0.140. The molecule has 0 spiro atoms. The monoisotopic (exact) mass is 442 g/mol. The first-order chi connectivity index (χ1) is 14.6. The minimum absolute atomic E-state index is 0.00688. The SMILES string of the molecule is Cc1cn(CC(=O)NCCCC[C@H](NC(=O)N[C@@H](CCC(=O)O)C(=O)O)C(=O)O)nn1. The van der Waals surface area contributed by atoms with E-state index in [0.29, 0.717) is 25.1 Å². The van der Waals surface area contributed by atoms with E-state index in [9.17, 15) is 29.1 Å². The molecule has 1 heterocycles. The molecule has 0 bridgehead atoms. The maximum atomic E-state index is 11.9. The summed E-state index contributed by atoms with van der Waals surface area (Å²) < 4.78 is 1.38. The molecule has 2 atom stereocenters. The maximum Gasteiger partial charge on any atom is 0.326 e. The number of carboxylic acid groups (broad SMARTS) is 3. The van der Waals surface area contributed by atoms with Gasteiger partial charge >= 0.3 is 23.9 Å². The lowest BCUT2D eigenvalue weighted by Gasteiger charge is -2.18. The number of aromatic nitrogens is 3. The van der Waals surface area contributed by atoms with Crippen molar-refractivity contribution >= 4 is 29.8 Å². The molecule has 0 saturated carbocycles. The summed E-state index contributed by atoms with van der Waals surface area (Å²) in [4.78, 5) is 56.7. The molecule has 0 saturated heterocycles. The summed E-state index contributed by atoms with van der Waals surface area (Å²) in [5.41, 5.74) is 0.681. The van der Waals surface area contributed by atoms with Gasteiger partial charge in [-0.05, 0) is 32.6 Å². The van der Waals surface area contributed by atoms with Gasteiger partial charge in [-0.15, -0.1) is 5.10 Å². The fraction of sp³-hybridized carbons (Fsp3) is 0.588. The lowest BCUT2D eigenvalue weighted by atomic mass is 10.1. The van der Waals surface area contributed by atoms with Gasteiger partial charge in [0.25, 0.3) is 0 Å². The zero-order valence-electron chi connectivity index (χ0n) is 16.9. The Morgan fingerprint density at radius 1 is 1.00 bits per heavy atom. The Morgan fingerprint density at radius 2 is 1.61 bits per heavy atom. The van der Waals surface area contributed by atoms with Crippen LogP contribution in [-0.2, 0) is 25.7 Å². The molecule has 0 radical (unpaired) electrons. The van der Waals surface area contributed by atoms with Crippen molar-refractivity contribution in [3.05, 3.63) is 11.9 Å². The van der Waals surface area contributed by atoms with E-state index >= 15 is 0 Å². The van der Waals surface area contributed by atoms with Gasteiger partial charge in [-0.3, -0.25) is 9.59 Å². The fourth-order valence-corrected chi connectivity index (χ4v) is 2.52. The van der Waals surface area contributed by atoms with Crippen LogP contribution in [-0.4, -0.2) is 78.8 Å². The number of nitrogens with zero attached hydrogens (tertiary/aromatic N) is 3. The Morgan fingerprint density at radius 3 is 2.13 bits per heavy atom. The highest BCUT2D eigenvalue weighted by Crippen LogP contribution is 2.03. The summed E-state index contributed by atoms with van der Waals surface area (Å²) in [6, 6.07) is -3.76. The van der Waals surface area contributed by atoms with Crippen LogP contribution < -0.4 is 16.0 Å². The van der Waals surface area contributed by atoms with Crippen LogP contribution in [0.25, 0.3) is 0 Å². The van der Waals surface area contributed by atoms with Crippen LogP contribution in [0.5, 0.6) is 0 Å². The van der Waals surface area contributed by atoms with Gasteiger partial charge in [0.05, 0.1) is 5.69 Å². The number of amides is 3. The molecule has 0 aromatic carbocycles. The average molecular weight is 442 g/mol. The molecular weight excluding hydrogens is 416 g/mol. The molecular formula is C17H26N6O8. The molecule has 1 rings (SSSR count). The molecule has 0 fully saturated rings. The number of nitrogens with one attached hydrogen (secondary N) is 3. The summed E-state index contributed by atoms with van der Waals surface area (Å²) in [5.74, 6) is -4.24. The third-order valence-corrected chi connectivity index (χ3v) is 4.05. The molecule has 0 aliphatic heterocycles. The number of hydrogen-bond donors (Lipinski definition) is 6. The second kappa shape index (κ2) is 12.8. The van der Waals surface area contributed by atoms with Crippen molar-refractivity contribution < 1.29 is 39.3 Å². The smallest absolute Gasteiger partial charge is 0.326 e. The Labute approximate surface area is 177 Å². The minimum atomic E-state index is -1.46. The van der Waals surface area contributed by atoms with Crippen molar-refractivity contribution in [2.45, 2.75) is 57.7 Å². The Balaban J connectivity index is 2.35. The van der Waals surface area contributed by atoms with Crippen molar-refractivity contribution in [3.63, 3.8) is 0 Å². The Bertz CT molecular complexity index is 795. The first kappa shape index (κ1) is 25.3. The van der Waals surface area contributed by atoms with E-state index in [1.165, 1.54) is 4.68 Å². The van der Waals surface area contributed by atoms with Gasteiger partial charge in [0.15, 0.2) is 0 Å². The molecule has 0 aliphatic rings. The first-order valence-corrected chi connectivity index (χ1v) is 9.46. The predicted octanol–water partition coefficient (Wildman–Crippen LogP) is -1.06. The van der Waals surface area contributed by atoms with Crippen LogP contribution in [0.15, 0.2) is 6.20 Å². The van der Waals surface area contributed by atoms with Gasteiger partial charge in [0.2, 0.25) is 5.91 Å². The van der Waals surface area contributed by atoms with Crippen molar-refractivity contribution in [2.75, 3.05) is 6.54 Å². The molecule has 172 valence electrons. The average Bonchev–Trinajstić information content (AvgIpc) is 3.07. The van der Waals surface area contributed by atoms with Crippen LogP contribution in [0.2, 0.25) is 0 Å². The molecule has 3 amide bonds. The van der Waals surface area contributed by atoms with Gasteiger partial charge < -0.3 is 31.3 Å². The second-order valence-electron chi connectivity index (χ2n) is 6.74. The van der Waals surface area contributed by atoms with E-state index in [2.05, 4.69) is 26.3 Å². The topological polar surface area (TPSA) is 213 Å². The summed E-state index contributed by atoms with van der Waals surface area (Å²) in [5, 5.41) is 41.2. The van der Waals surface area contributed by atoms with E-state index in [1.807, 2.05) is 0 Å². The summed E-state index contributed by atoms with van der Waals surface area (Å²) in [7, 11) is 0. The molecule has 6 N–H and O–H groups in total. The normalized spacial score (nSPS) is 12.4. The number of unbranched alkanes of at least 4 members (excludes halogenated alkanes) is 1. The molecule has 14 nitrogen and oxygen atoms in total. The highest BCUT2D eigenvalue weighted by Gasteiger charge is 2.24. The molecule has 31 heavy (non-hydrogen) atoms. The van der Waals surface area contributed by atoms with Crippen LogP contribution in [0.3, 0.4) is 0 Å². The number of carbonyl (C=O) groups is 5. The predicted molar refractivity (Wildman–Crippen MR) is 103 cm³/mol. The van der Waals surface area contributed by atoms with Gasteiger partial charge in [-0.25, -0.2) is 19.1 Å². The van der Waals surface area contributed by atoms with Gasteiger partial charge in [-0.2, -0.15) is 0 Å². The standard InChI is InChI=1S/C17H26N6O8/c1-10-8-23(22-21-10)9-13(24)18-7-3-2-4-11(15(27)28)19-17(31)20-12(16(29)30)5-6-14(25)26/h8,11-12H,2-7,9H2,1H3,(H,18,24)(H,25,26)(H,27,28)(H,29,30)(H2,19,20,31)/t11-,12-/m0/s1. The number of aryl methyl sites for hydroxylation is 1. The molecule has 1 aromatic rings. The summed E-state index contributed by atoms with van der Waals surface area (Å²) in [6.45, 7) is 2.04. The molecule has 0 unspecified atom stereocenters. The van der Waals surface area contributed by atoms with Gasteiger partial charge in [0, 0.05) is 19.2 Å². The number of aliphatic carboxylic acids is 3. The number of rotatable bonds is 14. The summed E-state index contributed by atoms with van der Waals surface area (Å²) in [6.07, 6.45) is 1.66. The van der Waals surface area contributed by atoms with Crippen molar-refractivity contribution in [3.8, 4) is 0 Å². The van der Waals surface area contributed by atoms with E-state index in [1.54, 1.807) is 13.1 Å². The van der Waals surface area contributed by atoms with Gasteiger partial charge in [0.1, 0.15) is 18.6 Å². The van der Waals surface area contributed by atoms with Crippen LogP contribution in [0.1, 0.15) is 37.8 Å². The highest BCUT2D eigenvalue weighted by atomic mass is 16.4. The Hall–Kier alpha value is -3.71. The van der Waals surface area contributed by atoms with Crippen LogP contribution in [0, 0.1) is 6.92 Å². The van der Waals surface area contributed by atoms with Gasteiger partial charge in [-0.1, -0.05) is 5.21 Å². The third kappa shape index (κ3) is 10.6. The number of carbonyl (C=O) groups excluding carboxylic acids is 2. The van der Waals surface area contributed by atoms with E-state index in [0.717, 1.165) is 0 Å². The van der Waals surface area contributed by atoms with Crippen molar-refractivity contribution in [2.24, 2.45) is 0 Å². The molecule has 14 heteroatoms.